The lowest BCUT2D eigenvalue weighted by Gasteiger charge is -2.23. The molecule has 0 bridgehead atoms. The van der Waals surface area contributed by atoms with Crippen molar-refractivity contribution in [2.75, 3.05) is 20.6 Å². The van der Waals surface area contributed by atoms with Crippen molar-refractivity contribution in [3.8, 4) is 0 Å². The highest BCUT2D eigenvalue weighted by Crippen LogP contribution is 2.22. The van der Waals surface area contributed by atoms with Crippen LogP contribution in [0.1, 0.15) is 21.3 Å². The minimum Gasteiger partial charge on any atom is -0.350 e. The van der Waals surface area contributed by atoms with Gasteiger partial charge in [0.15, 0.2) is 0 Å². The number of amides is 1. The maximum absolute atomic E-state index is 12.4. The fraction of sp³-hybridized carbons (Fsp3) is 0.235. The Morgan fingerprint density at radius 1 is 1.33 bits per heavy atom. The third-order valence-electron chi connectivity index (χ3n) is 3.81. The summed E-state index contributed by atoms with van der Waals surface area (Å²) in [6.45, 7) is 0.420. The number of carbonyl (C=O) groups excluding carboxylic acids is 1. The molecule has 0 unspecified atom stereocenters. The molecule has 0 saturated carbocycles. The molecule has 0 aliphatic heterocycles. The van der Waals surface area contributed by atoms with E-state index < -0.39 is 5.91 Å². The van der Waals surface area contributed by atoms with Gasteiger partial charge in [-0.25, -0.2) is 4.98 Å². The van der Waals surface area contributed by atoms with Crippen LogP contribution in [0.3, 0.4) is 0 Å². The number of nitrogens with one attached hydrogen (secondary N) is 1. The second-order valence-corrected chi connectivity index (χ2v) is 6.59. The quantitative estimate of drug-likeness (QED) is 0.768. The molecule has 0 radical (unpaired) electrons. The van der Waals surface area contributed by atoms with E-state index in [-0.39, 0.29) is 17.2 Å². The summed E-state index contributed by atoms with van der Waals surface area (Å²) < 4.78 is 1.37. The average molecular weight is 342 g/mol. The zero-order valence-corrected chi connectivity index (χ0v) is 14.3. The van der Waals surface area contributed by atoms with Crippen LogP contribution in [-0.4, -0.2) is 40.8 Å². The topological polar surface area (TPSA) is 66.7 Å². The molecular weight excluding hydrogens is 324 g/mol. The fourth-order valence-corrected chi connectivity index (χ4v) is 3.41. The first-order valence-corrected chi connectivity index (χ1v) is 8.40. The summed E-state index contributed by atoms with van der Waals surface area (Å²) in [5, 5.41) is 4.85. The summed E-state index contributed by atoms with van der Waals surface area (Å²) in [4.78, 5) is 32.2. The van der Waals surface area contributed by atoms with Crippen LogP contribution in [0.25, 0.3) is 5.65 Å². The van der Waals surface area contributed by atoms with Crippen molar-refractivity contribution in [2.45, 2.75) is 6.04 Å². The maximum Gasteiger partial charge on any atom is 0.270 e. The van der Waals surface area contributed by atoms with E-state index in [2.05, 4.69) is 10.3 Å². The van der Waals surface area contributed by atoms with Crippen molar-refractivity contribution in [3.05, 3.63) is 68.9 Å². The van der Waals surface area contributed by atoms with Crippen LogP contribution in [0, 0.1) is 0 Å². The molecule has 3 rings (SSSR count). The van der Waals surface area contributed by atoms with Gasteiger partial charge in [0.2, 0.25) is 0 Å². The summed E-state index contributed by atoms with van der Waals surface area (Å²) >= 11 is 1.64. The van der Waals surface area contributed by atoms with Gasteiger partial charge >= 0.3 is 0 Å². The van der Waals surface area contributed by atoms with E-state index in [0.29, 0.717) is 12.2 Å². The second kappa shape index (κ2) is 6.94. The highest BCUT2D eigenvalue weighted by Gasteiger charge is 2.18. The van der Waals surface area contributed by atoms with E-state index >= 15 is 0 Å². The third-order valence-corrected chi connectivity index (χ3v) is 4.78. The molecule has 0 aliphatic rings. The lowest BCUT2D eigenvalue weighted by atomic mass is 10.2. The number of fused-ring (bicyclic) bond motifs is 1. The predicted octanol–water partition coefficient (Wildman–Crippen LogP) is 1.79. The van der Waals surface area contributed by atoms with Gasteiger partial charge in [-0.15, -0.1) is 11.3 Å². The Labute approximate surface area is 143 Å². The number of carbonyl (C=O) groups is 1. The molecule has 3 aromatic rings. The molecule has 0 spiro atoms. The highest BCUT2D eigenvalue weighted by atomic mass is 32.1. The molecule has 0 saturated heterocycles. The summed E-state index contributed by atoms with van der Waals surface area (Å²) in [6, 6.07) is 9.33. The van der Waals surface area contributed by atoms with E-state index in [1.807, 2.05) is 36.5 Å². The minimum absolute atomic E-state index is 0.0439. The van der Waals surface area contributed by atoms with E-state index in [9.17, 15) is 9.59 Å². The molecular formula is C17H18N4O2S. The standard InChI is InChI=1S/C17H18N4O2S/c1-20(2)13(14-6-5-9-24-14)11-19-16(22)12-10-18-15-7-3-4-8-21(15)17(12)23/h3-10,13H,11H2,1-2H3,(H,19,22)/t13-/m0/s1. The normalized spacial score (nSPS) is 12.5. The van der Waals surface area contributed by atoms with Gasteiger partial charge in [0.25, 0.3) is 11.5 Å². The van der Waals surface area contributed by atoms with Gasteiger partial charge in [-0.1, -0.05) is 12.1 Å². The largest absolute Gasteiger partial charge is 0.350 e. The Morgan fingerprint density at radius 3 is 2.88 bits per heavy atom. The number of hydrogen-bond donors (Lipinski definition) is 1. The monoisotopic (exact) mass is 342 g/mol. The van der Waals surface area contributed by atoms with Crippen molar-refractivity contribution >= 4 is 22.9 Å². The number of hydrogen-bond acceptors (Lipinski definition) is 5. The smallest absolute Gasteiger partial charge is 0.270 e. The van der Waals surface area contributed by atoms with Crippen LogP contribution in [-0.2, 0) is 0 Å². The predicted molar refractivity (Wildman–Crippen MR) is 94.5 cm³/mol. The average Bonchev–Trinajstić information content (AvgIpc) is 3.09. The van der Waals surface area contributed by atoms with Crippen molar-refractivity contribution in [1.29, 1.82) is 0 Å². The van der Waals surface area contributed by atoms with Crippen LogP contribution in [0.5, 0.6) is 0 Å². The SMILES string of the molecule is CN(C)[C@@H](CNC(=O)c1cnc2ccccn2c1=O)c1cccs1. The van der Waals surface area contributed by atoms with Crippen LogP contribution in [0.4, 0.5) is 0 Å². The number of rotatable bonds is 5. The lowest BCUT2D eigenvalue weighted by Crippen LogP contribution is -2.37. The zero-order chi connectivity index (χ0) is 17.1. The molecule has 1 atom stereocenters. The first-order valence-electron chi connectivity index (χ1n) is 7.52. The molecule has 0 aliphatic carbocycles. The second-order valence-electron chi connectivity index (χ2n) is 5.61. The van der Waals surface area contributed by atoms with E-state index in [4.69, 9.17) is 0 Å². The van der Waals surface area contributed by atoms with Crippen LogP contribution in [0.2, 0.25) is 0 Å². The first-order chi connectivity index (χ1) is 11.6. The van der Waals surface area contributed by atoms with Crippen molar-refractivity contribution in [3.63, 3.8) is 0 Å². The zero-order valence-electron chi connectivity index (χ0n) is 13.5. The number of likely N-dealkylation sites (N-methyl/N-ethyl adjacent to an activating group) is 1. The Hall–Kier alpha value is -2.51. The van der Waals surface area contributed by atoms with Crippen LogP contribution in [0.15, 0.2) is 52.9 Å². The van der Waals surface area contributed by atoms with E-state index in [1.165, 1.54) is 10.6 Å². The molecule has 7 heteroatoms. The van der Waals surface area contributed by atoms with Gasteiger partial charge in [0.1, 0.15) is 11.2 Å². The van der Waals surface area contributed by atoms with E-state index in [0.717, 1.165) is 4.88 Å². The van der Waals surface area contributed by atoms with Gasteiger partial charge in [0.05, 0.1) is 6.04 Å². The molecule has 3 aromatic heterocycles. The van der Waals surface area contributed by atoms with Crippen molar-refractivity contribution < 1.29 is 4.79 Å². The fourth-order valence-electron chi connectivity index (χ4n) is 2.49. The summed E-state index contributed by atoms with van der Waals surface area (Å²) in [7, 11) is 3.92. The molecule has 124 valence electrons. The number of aromatic nitrogens is 2. The minimum atomic E-state index is -0.408. The van der Waals surface area contributed by atoms with E-state index in [1.54, 1.807) is 35.7 Å². The Balaban J connectivity index is 1.80. The third kappa shape index (κ3) is 3.22. The van der Waals surface area contributed by atoms with Gasteiger partial charge in [-0.2, -0.15) is 0 Å². The lowest BCUT2D eigenvalue weighted by molar-refractivity contribution is 0.0940. The molecule has 1 N–H and O–H groups in total. The number of nitrogens with zero attached hydrogens (tertiary/aromatic N) is 3. The first kappa shape index (κ1) is 16.4. The molecule has 1 amide bonds. The summed E-state index contributed by atoms with van der Waals surface area (Å²) in [5.74, 6) is -0.408. The van der Waals surface area contributed by atoms with Gasteiger partial charge < -0.3 is 10.2 Å². The Morgan fingerprint density at radius 2 is 2.17 bits per heavy atom. The Bertz CT molecular complexity index is 902. The maximum atomic E-state index is 12.4. The Kier molecular flexibility index (Phi) is 4.73. The summed E-state index contributed by atoms with van der Waals surface area (Å²) in [5.41, 5.74) is 0.196. The van der Waals surface area contributed by atoms with Crippen LogP contribution < -0.4 is 10.9 Å². The van der Waals surface area contributed by atoms with Gasteiger partial charge in [0, 0.05) is 23.8 Å². The number of pyridine rings is 1. The molecule has 6 nitrogen and oxygen atoms in total. The van der Waals surface area contributed by atoms with Gasteiger partial charge in [-0.3, -0.25) is 14.0 Å². The molecule has 0 aromatic carbocycles. The molecule has 24 heavy (non-hydrogen) atoms. The molecule has 3 heterocycles. The molecule has 0 fully saturated rings. The van der Waals surface area contributed by atoms with Crippen LogP contribution >= 0.6 is 11.3 Å². The highest BCUT2D eigenvalue weighted by molar-refractivity contribution is 7.10. The number of thiophene rings is 1. The van der Waals surface area contributed by atoms with Crippen molar-refractivity contribution in [2.24, 2.45) is 0 Å². The van der Waals surface area contributed by atoms with Crippen molar-refractivity contribution in [1.82, 2.24) is 19.6 Å². The summed E-state index contributed by atoms with van der Waals surface area (Å²) in [6.07, 6.45) is 2.94. The van der Waals surface area contributed by atoms with Gasteiger partial charge in [-0.05, 0) is 37.7 Å².